The summed E-state index contributed by atoms with van der Waals surface area (Å²) in [7, 11) is -2.32. The standard InChI is InChI=1S/C16H21NO3S2/c18-21-10-5-11-22(19)16(21)14-8-4-9-15(14)17(20-16)12-13-6-2-1-3-7-13/h1-3,6-7,14-15H,4-5,8-12H2/t14-,15+,16?,21?,22?/m1/s1. The van der Waals surface area contributed by atoms with E-state index in [4.69, 9.17) is 4.84 Å². The molecule has 2 unspecified atom stereocenters. The van der Waals surface area contributed by atoms with Gasteiger partial charge in [0.25, 0.3) is 0 Å². The van der Waals surface area contributed by atoms with Gasteiger partial charge in [-0.1, -0.05) is 36.8 Å². The quantitative estimate of drug-likeness (QED) is 0.828. The highest BCUT2D eigenvalue weighted by Crippen LogP contribution is 2.51. The van der Waals surface area contributed by atoms with Crippen molar-refractivity contribution in [2.75, 3.05) is 11.5 Å². The van der Waals surface area contributed by atoms with Crippen molar-refractivity contribution in [3.8, 4) is 0 Å². The molecule has 2 aliphatic heterocycles. The number of fused-ring (bicyclic) bond motifs is 2. The number of rotatable bonds is 2. The smallest absolute Gasteiger partial charge is 0.241 e. The van der Waals surface area contributed by atoms with E-state index in [0.29, 0.717) is 18.1 Å². The fraction of sp³-hybridized carbons (Fsp3) is 0.625. The lowest BCUT2D eigenvalue weighted by Crippen LogP contribution is -2.50. The Kier molecular flexibility index (Phi) is 3.97. The molecule has 0 radical (unpaired) electrons. The molecule has 3 fully saturated rings. The lowest BCUT2D eigenvalue weighted by Gasteiger charge is -2.34. The van der Waals surface area contributed by atoms with Crippen LogP contribution in [0.1, 0.15) is 31.2 Å². The molecule has 0 N–H and O–H groups in total. The molecule has 2 heterocycles. The van der Waals surface area contributed by atoms with Crippen molar-refractivity contribution in [3.63, 3.8) is 0 Å². The minimum absolute atomic E-state index is 0.151. The van der Waals surface area contributed by atoms with E-state index < -0.39 is 25.9 Å². The average molecular weight is 339 g/mol. The summed E-state index contributed by atoms with van der Waals surface area (Å²) in [5.41, 5.74) is 1.18. The third-order valence-electron chi connectivity index (χ3n) is 5.02. The maximum atomic E-state index is 12.7. The second-order valence-electron chi connectivity index (χ2n) is 6.31. The van der Waals surface area contributed by atoms with Gasteiger partial charge < -0.3 is 0 Å². The predicted octanol–water partition coefficient (Wildman–Crippen LogP) is 2.16. The Bertz CT molecular complexity index is 591. The van der Waals surface area contributed by atoms with E-state index in [0.717, 1.165) is 25.7 Å². The third kappa shape index (κ3) is 2.23. The van der Waals surface area contributed by atoms with E-state index in [9.17, 15) is 8.42 Å². The summed E-state index contributed by atoms with van der Waals surface area (Å²) in [6, 6.07) is 10.4. The molecular weight excluding hydrogens is 318 g/mol. The summed E-state index contributed by atoms with van der Waals surface area (Å²) in [6.45, 7) is 0.679. The topological polar surface area (TPSA) is 46.6 Å². The van der Waals surface area contributed by atoms with Crippen LogP contribution in [0, 0.1) is 5.92 Å². The summed E-state index contributed by atoms with van der Waals surface area (Å²) >= 11 is 0. The van der Waals surface area contributed by atoms with E-state index >= 15 is 0 Å². The number of benzene rings is 1. The van der Waals surface area contributed by atoms with Crippen molar-refractivity contribution in [1.29, 1.82) is 0 Å². The molecule has 1 aromatic rings. The monoisotopic (exact) mass is 339 g/mol. The molecule has 0 amide bonds. The fourth-order valence-electron chi connectivity index (χ4n) is 4.04. The normalized spacial score (nSPS) is 41.8. The SMILES string of the molecule is O=S1CCCS(=O)C12ON(Cc1ccccc1)[C@H]1CCC[C@H]12. The molecule has 1 aliphatic carbocycles. The first-order chi connectivity index (χ1) is 10.7. The highest BCUT2D eigenvalue weighted by molar-refractivity contribution is 8.04. The molecule has 0 bridgehead atoms. The lowest BCUT2D eigenvalue weighted by atomic mass is 10.1. The Morgan fingerprint density at radius 2 is 1.82 bits per heavy atom. The van der Waals surface area contributed by atoms with Crippen LogP contribution in [-0.2, 0) is 33.0 Å². The number of hydroxylamine groups is 2. The Morgan fingerprint density at radius 3 is 2.55 bits per heavy atom. The van der Waals surface area contributed by atoms with E-state index in [-0.39, 0.29) is 12.0 Å². The first kappa shape index (κ1) is 15.0. The molecule has 1 aromatic carbocycles. The molecule has 4 atom stereocenters. The van der Waals surface area contributed by atoms with Crippen LogP contribution < -0.4 is 0 Å². The summed E-state index contributed by atoms with van der Waals surface area (Å²) in [6.07, 6.45) is 3.92. The van der Waals surface area contributed by atoms with Gasteiger partial charge in [0.05, 0.1) is 21.6 Å². The Balaban J connectivity index is 1.65. The second kappa shape index (κ2) is 5.82. The van der Waals surface area contributed by atoms with Crippen LogP contribution in [0.2, 0.25) is 0 Å². The zero-order valence-electron chi connectivity index (χ0n) is 12.5. The first-order valence-electron chi connectivity index (χ1n) is 7.98. The number of hydrogen-bond acceptors (Lipinski definition) is 4. The molecule has 1 spiro atoms. The molecule has 4 rings (SSSR count). The van der Waals surface area contributed by atoms with Gasteiger partial charge >= 0.3 is 0 Å². The number of nitrogens with zero attached hydrogens (tertiary/aromatic N) is 1. The van der Waals surface area contributed by atoms with E-state index in [1.807, 2.05) is 23.3 Å². The van der Waals surface area contributed by atoms with Gasteiger partial charge in [-0.15, -0.1) is 0 Å². The average Bonchev–Trinajstić information content (AvgIpc) is 3.10. The molecule has 22 heavy (non-hydrogen) atoms. The molecule has 2 saturated heterocycles. The highest BCUT2D eigenvalue weighted by atomic mass is 32.2. The van der Waals surface area contributed by atoms with Crippen molar-refractivity contribution in [1.82, 2.24) is 5.06 Å². The van der Waals surface area contributed by atoms with Crippen LogP contribution in [0.25, 0.3) is 0 Å². The fourth-order valence-corrected chi connectivity index (χ4v) is 8.52. The van der Waals surface area contributed by atoms with Crippen molar-refractivity contribution >= 4 is 21.6 Å². The molecular formula is C16H21NO3S2. The maximum absolute atomic E-state index is 12.7. The van der Waals surface area contributed by atoms with Gasteiger partial charge in [-0.2, -0.15) is 5.06 Å². The molecule has 6 heteroatoms. The molecule has 1 saturated carbocycles. The van der Waals surface area contributed by atoms with E-state index in [1.165, 1.54) is 5.56 Å². The van der Waals surface area contributed by atoms with Crippen molar-refractivity contribution in [2.24, 2.45) is 5.92 Å². The van der Waals surface area contributed by atoms with Gasteiger partial charge in [-0.3, -0.25) is 13.3 Å². The van der Waals surface area contributed by atoms with Crippen molar-refractivity contribution in [3.05, 3.63) is 35.9 Å². The largest absolute Gasteiger partial charge is 0.264 e. The van der Waals surface area contributed by atoms with Gasteiger partial charge in [0, 0.05) is 30.0 Å². The predicted molar refractivity (Wildman–Crippen MR) is 87.6 cm³/mol. The molecule has 120 valence electrons. The van der Waals surface area contributed by atoms with E-state index in [1.54, 1.807) is 0 Å². The van der Waals surface area contributed by atoms with Gasteiger partial charge in [0.2, 0.25) is 4.27 Å². The van der Waals surface area contributed by atoms with Gasteiger partial charge in [-0.05, 0) is 24.8 Å². The van der Waals surface area contributed by atoms with Gasteiger partial charge in [0.1, 0.15) is 0 Å². The van der Waals surface area contributed by atoms with Crippen LogP contribution >= 0.6 is 0 Å². The van der Waals surface area contributed by atoms with Gasteiger partial charge in [-0.25, -0.2) is 0 Å². The Morgan fingerprint density at radius 1 is 1.09 bits per heavy atom. The molecule has 3 aliphatic rings. The zero-order valence-corrected chi connectivity index (χ0v) is 14.1. The summed E-state index contributed by atoms with van der Waals surface area (Å²) < 4.78 is 24.5. The molecule has 4 nitrogen and oxygen atoms in total. The lowest BCUT2D eigenvalue weighted by molar-refractivity contribution is -0.161. The Hall–Kier alpha value is -0.560. The molecule has 0 aromatic heterocycles. The van der Waals surface area contributed by atoms with Crippen LogP contribution in [0.4, 0.5) is 0 Å². The summed E-state index contributed by atoms with van der Waals surface area (Å²) in [5, 5.41) is 1.98. The first-order valence-corrected chi connectivity index (χ1v) is 10.6. The van der Waals surface area contributed by atoms with E-state index in [2.05, 4.69) is 12.1 Å². The number of hydrogen-bond donors (Lipinski definition) is 0. The van der Waals surface area contributed by atoms with Crippen LogP contribution in [0.15, 0.2) is 30.3 Å². The summed E-state index contributed by atoms with van der Waals surface area (Å²) in [5.74, 6) is 1.39. The zero-order chi connectivity index (χ0) is 15.2. The highest BCUT2D eigenvalue weighted by Gasteiger charge is 2.63. The Labute approximate surface area is 136 Å². The van der Waals surface area contributed by atoms with Crippen molar-refractivity contribution in [2.45, 2.75) is 42.5 Å². The minimum atomic E-state index is -1.16. The maximum Gasteiger partial charge on any atom is 0.241 e. The van der Waals surface area contributed by atoms with Crippen LogP contribution in [0.5, 0.6) is 0 Å². The van der Waals surface area contributed by atoms with Gasteiger partial charge in [0.15, 0.2) is 0 Å². The second-order valence-corrected chi connectivity index (χ2v) is 9.98. The van der Waals surface area contributed by atoms with Crippen molar-refractivity contribution < 1.29 is 13.3 Å². The summed E-state index contributed by atoms with van der Waals surface area (Å²) in [4.78, 5) is 6.22. The van der Waals surface area contributed by atoms with Crippen LogP contribution in [0.3, 0.4) is 0 Å². The van der Waals surface area contributed by atoms with Crippen LogP contribution in [-0.4, -0.2) is 35.3 Å². The minimum Gasteiger partial charge on any atom is -0.264 e. The third-order valence-corrected chi connectivity index (χ3v) is 9.48.